The average molecular weight is 257 g/mol. The molecule has 0 radical (unpaired) electrons. The predicted octanol–water partition coefficient (Wildman–Crippen LogP) is 2.01. The van der Waals surface area contributed by atoms with Crippen LogP contribution in [0.5, 0.6) is 0 Å². The molecule has 1 aliphatic rings. The topological polar surface area (TPSA) is 46.2 Å². The highest BCUT2D eigenvalue weighted by Crippen LogP contribution is 2.22. The van der Waals surface area contributed by atoms with E-state index in [0.29, 0.717) is 10.9 Å². The molecule has 16 heavy (non-hydrogen) atoms. The molecule has 1 saturated heterocycles. The van der Waals surface area contributed by atoms with Gasteiger partial charge in [0, 0.05) is 23.7 Å². The van der Waals surface area contributed by atoms with Gasteiger partial charge in [-0.05, 0) is 30.4 Å². The molecule has 1 fully saturated rings. The molecule has 1 unspecified atom stereocenters. The fourth-order valence-corrected chi connectivity index (χ4v) is 3.52. The Morgan fingerprint density at radius 1 is 1.44 bits per heavy atom. The highest BCUT2D eigenvalue weighted by molar-refractivity contribution is 7.99. The number of thioether (sulfide) groups is 1. The van der Waals surface area contributed by atoms with Crippen molar-refractivity contribution in [1.82, 2.24) is 0 Å². The average Bonchev–Trinajstić information content (AvgIpc) is 2.70. The number of hydrogen-bond donors (Lipinski definition) is 1. The van der Waals surface area contributed by atoms with Crippen LogP contribution in [-0.2, 0) is 9.84 Å². The Kier molecular flexibility index (Phi) is 3.44. The zero-order chi connectivity index (χ0) is 11.6. The number of benzene rings is 1. The van der Waals surface area contributed by atoms with E-state index in [1.54, 1.807) is 18.2 Å². The molecule has 0 bridgehead atoms. The van der Waals surface area contributed by atoms with Gasteiger partial charge in [0.2, 0.25) is 0 Å². The van der Waals surface area contributed by atoms with E-state index in [9.17, 15) is 8.42 Å². The van der Waals surface area contributed by atoms with Crippen LogP contribution in [0.2, 0.25) is 0 Å². The molecule has 1 aromatic rings. The van der Waals surface area contributed by atoms with Gasteiger partial charge in [0.1, 0.15) is 0 Å². The second-order valence-corrected chi connectivity index (χ2v) is 7.17. The predicted molar refractivity (Wildman–Crippen MR) is 68.9 cm³/mol. The van der Waals surface area contributed by atoms with Crippen LogP contribution in [0.1, 0.15) is 6.42 Å². The van der Waals surface area contributed by atoms with Crippen molar-refractivity contribution in [2.75, 3.05) is 23.1 Å². The Bertz CT molecular complexity index is 465. The summed E-state index contributed by atoms with van der Waals surface area (Å²) < 4.78 is 22.8. The Labute approximate surface area is 101 Å². The number of sulfone groups is 1. The summed E-state index contributed by atoms with van der Waals surface area (Å²) in [7, 11) is -3.10. The van der Waals surface area contributed by atoms with Crippen LogP contribution in [0.25, 0.3) is 0 Å². The molecule has 0 spiro atoms. The van der Waals surface area contributed by atoms with Gasteiger partial charge in [0.15, 0.2) is 9.84 Å². The minimum absolute atomic E-state index is 0.378. The maximum Gasteiger partial charge on any atom is 0.175 e. The zero-order valence-corrected chi connectivity index (χ0v) is 10.8. The standard InChI is InChI=1S/C11H15NO2S2/c1-16(13,14)11-4-2-3-9(7-11)12-10-5-6-15-8-10/h2-4,7,10,12H,5-6,8H2,1H3. The second kappa shape index (κ2) is 4.67. The van der Waals surface area contributed by atoms with E-state index in [4.69, 9.17) is 0 Å². The summed E-state index contributed by atoms with van der Waals surface area (Å²) in [6.07, 6.45) is 2.38. The van der Waals surface area contributed by atoms with Crippen molar-refractivity contribution in [3.05, 3.63) is 24.3 Å². The molecule has 0 amide bonds. The quantitative estimate of drug-likeness (QED) is 0.899. The van der Waals surface area contributed by atoms with Gasteiger partial charge >= 0.3 is 0 Å². The lowest BCUT2D eigenvalue weighted by molar-refractivity contribution is 0.602. The van der Waals surface area contributed by atoms with Crippen LogP contribution >= 0.6 is 11.8 Å². The third kappa shape index (κ3) is 2.92. The highest BCUT2D eigenvalue weighted by Gasteiger charge is 2.15. The van der Waals surface area contributed by atoms with E-state index in [2.05, 4.69) is 5.32 Å². The summed E-state index contributed by atoms with van der Waals surface area (Å²) in [5.41, 5.74) is 0.899. The Balaban J connectivity index is 2.16. The van der Waals surface area contributed by atoms with Gasteiger partial charge in [0.05, 0.1) is 4.90 Å². The van der Waals surface area contributed by atoms with Crippen molar-refractivity contribution >= 4 is 27.3 Å². The molecule has 3 nitrogen and oxygen atoms in total. The van der Waals surface area contributed by atoms with Crippen molar-refractivity contribution in [3.8, 4) is 0 Å². The van der Waals surface area contributed by atoms with Crippen molar-refractivity contribution in [1.29, 1.82) is 0 Å². The van der Waals surface area contributed by atoms with E-state index in [-0.39, 0.29) is 0 Å². The molecular formula is C11H15NO2S2. The van der Waals surface area contributed by atoms with Crippen LogP contribution in [0.3, 0.4) is 0 Å². The van der Waals surface area contributed by atoms with Gasteiger partial charge in [-0.2, -0.15) is 11.8 Å². The monoisotopic (exact) mass is 257 g/mol. The van der Waals surface area contributed by atoms with Crippen molar-refractivity contribution in [2.45, 2.75) is 17.4 Å². The van der Waals surface area contributed by atoms with Crippen molar-refractivity contribution in [3.63, 3.8) is 0 Å². The molecule has 0 aromatic heterocycles. The van der Waals surface area contributed by atoms with Crippen molar-refractivity contribution in [2.24, 2.45) is 0 Å². The fraction of sp³-hybridized carbons (Fsp3) is 0.455. The normalized spacial score (nSPS) is 20.9. The largest absolute Gasteiger partial charge is 0.381 e. The highest BCUT2D eigenvalue weighted by atomic mass is 32.2. The molecule has 1 atom stereocenters. The molecule has 1 N–H and O–H groups in total. The molecule has 5 heteroatoms. The number of rotatable bonds is 3. The van der Waals surface area contributed by atoms with E-state index in [1.165, 1.54) is 12.0 Å². The first-order valence-electron chi connectivity index (χ1n) is 5.20. The lowest BCUT2D eigenvalue weighted by Crippen LogP contribution is -2.18. The van der Waals surface area contributed by atoms with Crippen molar-refractivity contribution < 1.29 is 8.42 Å². The first kappa shape index (κ1) is 11.8. The summed E-state index contributed by atoms with van der Waals surface area (Å²) in [5.74, 6) is 2.28. The fourth-order valence-electron chi connectivity index (χ4n) is 1.70. The number of anilines is 1. The molecular weight excluding hydrogens is 242 g/mol. The summed E-state index contributed by atoms with van der Waals surface area (Å²) in [5, 5.41) is 3.37. The molecule has 0 aliphatic carbocycles. The van der Waals surface area contributed by atoms with Crippen LogP contribution in [0.15, 0.2) is 29.2 Å². The van der Waals surface area contributed by atoms with Crippen LogP contribution in [-0.4, -0.2) is 32.2 Å². The van der Waals surface area contributed by atoms with E-state index in [1.807, 2.05) is 17.8 Å². The molecule has 1 aromatic carbocycles. The van der Waals surface area contributed by atoms with Gasteiger partial charge in [-0.25, -0.2) is 8.42 Å². The third-order valence-electron chi connectivity index (χ3n) is 2.56. The molecule has 88 valence electrons. The number of hydrogen-bond acceptors (Lipinski definition) is 4. The first-order valence-corrected chi connectivity index (χ1v) is 8.25. The second-order valence-electron chi connectivity index (χ2n) is 4.00. The third-order valence-corrected chi connectivity index (χ3v) is 4.84. The molecule has 0 saturated carbocycles. The SMILES string of the molecule is CS(=O)(=O)c1cccc(NC2CCSC2)c1. The van der Waals surface area contributed by atoms with E-state index < -0.39 is 9.84 Å². The van der Waals surface area contributed by atoms with E-state index >= 15 is 0 Å². The molecule has 1 heterocycles. The summed E-state index contributed by atoms with van der Waals surface area (Å²) in [6.45, 7) is 0. The van der Waals surface area contributed by atoms with Gasteiger partial charge in [-0.3, -0.25) is 0 Å². The Morgan fingerprint density at radius 3 is 2.88 bits per heavy atom. The maximum atomic E-state index is 11.4. The van der Waals surface area contributed by atoms with E-state index in [0.717, 1.165) is 17.9 Å². The zero-order valence-electron chi connectivity index (χ0n) is 9.14. The maximum absolute atomic E-state index is 11.4. The Morgan fingerprint density at radius 2 is 2.25 bits per heavy atom. The minimum Gasteiger partial charge on any atom is -0.381 e. The van der Waals surface area contributed by atoms with Crippen LogP contribution in [0.4, 0.5) is 5.69 Å². The van der Waals surface area contributed by atoms with Crippen LogP contribution in [0, 0.1) is 0 Å². The lowest BCUT2D eigenvalue weighted by atomic mass is 10.2. The molecule has 1 aliphatic heterocycles. The van der Waals surface area contributed by atoms with Gasteiger partial charge in [0.25, 0.3) is 0 Å². The summed E-state index contributed by atoms with van der Waals surface area (Å²) >= 11 is 1.93. The summed E-state index contributed by atoms with van der Waals surface area (Å²) in [4.78, 5) is 0.378. The smallest absolute Gasteiger partial charge is 0.175 e. The first-order chi connectivity index (χ1) is 7.55. The lowest BCUT2D eigenvalue weighted by Gasteiger charge is -2.13. The van der Waals surface area contributed by atoms with Gasteiger partial charge in [-0.15, -0.1) is 0 Å². The Hall–Kier alpha value is -0.680. The number of nitrogens with one attached hydrogen (secondary N) is 1. The van der Waals surface area contributed by atoms with Gasteiger partial charge < -0.3 is 5.32 Å². The van der Waals surface area contributed by atoms with Gasteiger partial charge in [-0.1, -0.05) is 6.07 Å². The summed E-state index contributed by atoms with van der Waals surface area (Å²) in [6, 6.07) is 7.50. The molecule has 2 rings (SSSR count). The minimum atomic E-state index is -3.10. The van der Waals surface area contributed by atoms with Crippen LogP contribution < -0.4 is 5.32 Å².